The summed E-state index contributed by atoms with van der Waals surface area (Å²) in [5, 5.41) is 2.72. The molecule has 1 amide bonds. The number of halogens is 1. The molecule has 0 aliphatic carbocycles. The second-order valence-electron chi connectivity index (χ2n) is 7.72. The molecule has 8 nitrogen and oxygen atoms in total. The standard InChI is InChI=1S/C22H23FN2O6S/c1-13(2)21(25-32(29,30)19-6-4-3-5-16(19)23)22(28)31-12-18(26)15-7-9-17-14(11-15)8-10-20(27)24-17/h3-7,9,11,13,21,25H,8,10,12H2,1-2H3,(H,24,27). The number of fused-ring (bicyclic) bond motifs is 1. The fraction of sp³-hybridized carbons (Fsp3) is 0.318. The van der Waals surface area contributed by atoms with Crippen LogP contribution in [0.2, 0.25) is 0 Å². The first kappa shape index (κ1) is 23.6. The number of carbonyl (C=O) groups excluding carboxylic acids is 3. The van der Waals surface area contributed by atoms with E-state index in [-0.39, 0.29) is 5.91 Å². The molecule has 2 aromatic carbocycles. The molecule has 1 aliphatic heterocycles. The molecule has 0 radical (unpaired) electrons. The van der Waals surface area contributed by atoms with Crippen LogP contribution in [-0.2, 0) is 30.8 Å². The third-order valence-electron chi connectivity index (χ3n) is 5.00. The van der Waals surface area contributed by atoms with Crippen molar-refractivity contribution in [3.05, 3.63) is 59.4 Å². The highest BCUT2D eigenvalue weighted by atomic mass is 32.2. The van der Waals surface area contributed by atoms with Crippen molar-refractivity contribution in [1.29, 1.82) is 0 Å². The number of carbonyl (C=O) groups is 3. The van der Waals surface area contributed by atoms with E-state index in [9.17, 15) is 27.2 Å². The Morgan fingerprint density at radius 1 is 1.16 bits per heavy atom. The lowest BCUT2D eigenvalue weighted by Crippen LogP contribution is -2.45. The van der Waals surface area contributed by atoms with Gasteiger partial charge in [0.05, 0.1) is 0 Å². The summed E-state index contributed by atoms with van der Waals surface area (Å²) in [6.45, 7) is 2.60. The van der Waals surface area contributed by atoms with E-state index in [0.717, 1.165) is 17.7 Å². The molecule has 170 valence electrons. The molecule has 1 unspecified atom stereocenters. The molecule has 0 saturated heterocycles. The predicted molar refractivity (Wildman–Crippen MR) is 114 cm³/mol. The van der Waals surface area contributed by atoms with E-state index in [1.807, 2.05) is 0 Å². The van der Waals surface area contributed by atoms with Gasteiger partial charge in [-0.3, -0.25) is 14.4 Å². The minimum Gasteiger partial charge on any atom is -0.456 e. The summed E-state index contributed by atoms with van der Waals surface area (Å²) in [5.74, 6) is -2.99. The van der Waals surface area contributed by atoms with Crippen molar-refractivity contribution in [2.24, 2.45) is 5.92 Å². The van der Waals surface area contributed by atoms with Gasteiger partial charge in [-0.25, -0.2) is 12.8 Å². The first-order valence-electron chi connectivity index (χ1n) is 9.98. The van der Waals surface area contributed by atoms with Crippen molar-refractivity contribution in [2.45, 2.75) is 37.6 Å². The molecule has 0 aromatic heterocycles. The number of hydrogen-bond acceptors (Lipinski definition) is 6. The largest absolute Gasteiger partial charge is 0.456 e. The summed E-state index contributed by atoms with van der Waals surface area (Å²) < 4.78 is 46.2. The molecule has 10 heteroatoms. The lowest BCUT2D eigenvalue weighted by Gasteiger charge is -2.21. The van der Waals surface area contributed by atoms with Gasteiger partial charge in [-0.05, 0) is 48.2 Å². The molecule has 1 aliphatic rings. The molecule has 0 saturated carbocycles. The second-order valence-corrected chi connectivity index (χ2v) is 9.41. The maximum absolute atomic E-state index is 13.9. The molecule has 32 heavy (non-hydrogen) atoms. The van der Waals surface area contributed by atoms with Gasteiger partial charge in [-0.2, -0.15) is 4.72 Å². The fourth-order valence-corrected chi connectivity index (χ4v) is 4.63. The van der Waals surface area contributed by atoms with Crippen molar-refractivity contribution in [2.75, 3.05) is 11.9 Å². The van der Waals surface area contributed by atoms with E-state index < -0.39 is 51.1 Å². The number of amides is 1. The number of nitrogens with one attached hydrogen (secondary N) is 2. The number of aryl methyl sites for hydroxylation is 1. The average molecular weight is 462 g/mol. The van der Waals surface area contributed by atoms with E-state index in [1.165, 1.54) is 18.2 Å². The highest BCUT2D eigenvalue weighted by Crippen LogP contribution is 2.24. The summed E-state index contributed by atoms with van der Waals surface area (Å²) in [4.78, 5) is 35.9. The summed E-state index contributed by atoms with van der Waals surface area (Å²) in [6.07, 6.45) is 0.813. The van der Waals surface area contributed by atoms with Gasteiger partial charge in [0.25, 0.3) is 0 Å². The Morgan fingerprint density at radius 3 is 2.56 bits per heavy atom. The maximum Gasteiger partial charge on any atom is 0.324 e. The van der Waals surface area contributed by atoms with Gasteiger partial charge < -0.3 is 10.1 Å². The Kier molecular flexibility index (Phi) is 7.05. The van der Waals surface area contributed by atoms with E-state index >= 15 is 0 Å². The lowest BCUT2D eigenvalue weighted by atomic mass is 9.99. The highest BCUT2D eigenvalue weighted by Gasteiger charge is 2.31. The Bertz CT molecular complexity index is 1160. The molecule has 0 fully saturated rings. The van der Waals surface area contributed by atoms with Crippen molar-refractivity contribution in [3.63, 3.8) is 0 Å². The van der Waals surface area contributed by atoms with Gasteiger partial charge in [-0.15, -0.1) is 0 Å². The summed E-state index contributed by atoms with van der Waals surface area (Å²) in [7, 11) is -4.33. The quantitative estimate of drug-likeness (QED) is 0.460. The maximum atomic E-state index is 13.9. The van der Waals surface area contributed by atoms with Gasteiger partial charge in [0.2, 0.25) is 15.9 Å². The topological polar surface area (TPSA) is 119 Å². The third-order valence-corrected chi connectivity index (χ3v) is 6.47. The zero-order valence-electron chi connectivity index (χ0n) is 17.6. The van der Waals surface area contributed by atoms with Gasteiger partial charge in [0.1, 0.15) is 16.8 Å². The Labute approximate surface area is 185 Å². The number of ether oxygens (including phenoxy) is 1. The van der Waals surface area contributed by atoms with Crippen LogP contribution in [0.1, 0.15) is 36.2 Å². The van der Waals surface area contributed by atoms with Crippen molar-refractivity contribution in [1.82, 2.24) is 4.72 Å². The number of benzene rings is 2. The first-order valence-corrected chi connectivity index (χ1v) is 11.5. The average Bonchev–Trinajstić information content (AvgIpc) is 2.75. The minimum absolute atomic E-state index is 0.0944. The molecular weight excluding hydrogens is 439 g/mol. The zero-order valence-corrected chi connectivity index (χ0v) is 18.4. The lowest BCUT2D eigenvalue weighted by molar-refractivity contribution is -0.145. The molecule has 2 aromatic rings. The predicted octanol–water partition coefficient (Wildman–Crippen LogP) is 2.44. The van der Waals surface area contributed by atoms with Crippen LogP contribution >= 0.6 is 0 Å². The van der Waals surface area contributed by atoms with Crippen LogP contribution in [0, 0.1) is 11.7 Å². The molecule has 0 spiro atoms. The van der Waals surface area contributed by atoms with E-state index in [2.05, 4.69) is 10.0 Å². The third kappa shape index (κ3) is 5.38. The van der Waals surface area contributed by atoms with Crippen LogP contribution in [0.3, 0.4) is 0 Å². The van der Waals surface area contributed by atoms with Crippen molar-refractivity contribution in [3.8, 4) is 0 Å². The van der Waals surface area contributed by atoms with Gasteiger partial charge in [0, 0.05) is 17.7 Å². The Morgan fingerprint density at radius 2 is 1.88 bits per heavy atom. The first-order chi connectivity index (χ1) is 15.1. The summed E-state index contributed by atoms with van der Waals surface area (Å²) >= 11 is 0. The van der Waals surface area contributed by atoms with Crippen LogP contribution in [0.25, 0.3) is 0 Å². The minimum atomic E-state index is -4.33. The smallest absolute Gasteiger partial charge is 0.324 e. The number of hydrogen-bond donors (Lipinski definition) is 2. The van der Waals surface area contributed by atoms with E-state index in [4.69, 9.17) is 4.74 Å². The number of ketones is 1. The molecule has 3 rings (SSSR count). The molecular formula is C22H23FN2O6S. The summed E-state index contributed by atoms with van der Waals surface area (Å²) in [5.41, 5.74) is 1.75. The highest BCUT2D eigenvalue weighted by molar-refractivity contribution is 7.89. The number of rotatable bonds is 8. The zero-order chi connectivity index (χ0) is 23.5. The van der Waals surface area contributed by atoms with Crippen LogP contribution in [0.4, 0.5) is 10.1 Å². The number of sulfonamides is 1. The number of Topliss-reactive ketones (excluding diaryl/α,β-unsaturated/α-hetero) is 1. The number of anilines is 1. The fourth-order valence-electron chi connectivity index (χ4n) is 3.22. The van der Waals surface area contributed by atoms with E-state index in [1.54, 1.807) is 26.0 Å². The second kappa shape index (κ2) is 9.58. The SMILES string of the molecule is CC(C)C(NS(=O)(=O)c1ccccc1F)C(=O)OCC(=O)c1ccc2c(c1)CCC(=O)N2. The van der Waals surface area contributed by atoms with Crippen molar-refractivity contribution >= 4 is 33.4 Å². The Balaban J connectivity index is 1.67. The van der Waals surface area contributed by atoms with Gasteiger partial charge in [-0.1, -0.05) is 26.0 Å². The van der Waals surface area contributed by atoms with Crippen LogP contribution in [0.15, 0.2) is 47.4 Å². The molecule has 2 N–H and O–H groups in total. The molecule has 0 bridgehead atoms. The normalized spacial score (nSPS) is 14.4. The monoisotopic (exact) mass is 462 g/mol. The van der Waals surface area contributed by atoms with Crippen LogP contribution in [-0.4, -0.2) is 38.7 Å². The van der Waals surface area contributed by atoms with Crippen molar-refractivity contribution < 1.29 is 31.9 Å². The summed E-state index contributed by atoms with van der Waals surface area (Å²) in [6, 6.07) is 8.24. The van der Waals surface area contributed by atoms with Gasteiger partial charge >= 0.3 is 5.97 Å². The number of esters is 1. The van der Waals surface area contributed by atoms with Gasteiger partial charge in [0.15, 0.2) is 12.4 Å². The Hall–Kier alpha value is -3.11. The molecule has 1 atom stereocenters. The van der Waals surface area contributed by atoms with Crippen LogP contribution < -0.4 is 10.0 Å². The molecule has 1 heterocycles. The van der Waals surface area contributed by atoms with Crippen LogP contribution in [0.5, 0.6) is 0 Å². The van der Waals surface area contributed by atoms with E-state index in [0.29, 0.717) is 24.1 Å².